The van der Waals surface area contributed by atoms with Gasteiger partial charge in [0.25, 0.3) is 0 Å². The van der Waals surface area contributed by atoms with Gasteiger partial charge in [-0.25, -0.2) is 0 Å². The summed E-state index contributed by atoms with van der Waals surface area (Å²) in [6.45, 7) is 3.98. The van der Waals surface area contributed by atoms with E-state index in [-0.39, 0.29) is 6.04 Å². The molecule has 2 rings (SSSR count). The zero-order valence-electron chi connectivity index (χ0n) is 11.1. The molecular formula is C15H19BrClNO. The highest BCUT2D eigenvalue weighted by atomic mass is 79.9. The van der Waals surface area contributed by atoms with Crippen molar-refractivity contribution in [3.05, 3.63) is 45.1 Å². The van der Waals surface area contributed by atoms with Crippen LogP contribution in [0.5, 0.6) is 0 Å². The Balaban J connectivity index is 2.25. The van der Waals surface area contributed by atoms with Crippen molar-refractivity contribution < 1.29 is 4.74 Å². The normalized spacial score (nSPS) is 16.7. The van der Waals surface area contributed by atoms with Gasteiger partial charge in [-0.3, -0.25) is 0 Å². The zero-order chi connectivity index (χ0) is 13.7. The van der Waals surface area contributed by atoms with Crippen molar-refractivity contribution in [2.75, 3.05) is 13.2 Å². The average molecular weight is 345 g/mol. The van der Waals surface area contributed by atoms with Crippen molar-refractivity contribution in [2.24, 2.45) is 0 Å². The molecule has 1 heterocycles. The van der Waals surface area contributed by atoms with E-state index in [0.29, 0.717) is 0 Å². The fraction of sp³-hybridized carbons (Fsp3) is 0.467. The standard InChI is InChI=1S/C15H19BrClNO/c1-2-7-18-15(12-4-3-8-19-10-12)11-5-6-13(16)14(17)9-11/h5-6,9-10,15,18H,2-4,7-8H2,1H3. The smallest absolute Gasteiger partial charge is 0.0876 e. The molecule has 19 heavy (non-hydrogen) atoms. The molecule has 1 aliphatic heterocycles. The molecule has 1 atom stereocenters. The van der Waals surface area contributed by atoms with Crippen LogP contribution in [-0.4, -0.2) is 13.2 Å². The van der Waals surface area contributed by atoms with Crippen molar-refractivity contribution in [3.8, 4) is 0 Å². The highest BCUT2D eigenvalue weighted by molar-refractivity contribution is 9.10. The van der Waals surface area contributed by atoms with Crippen molar-refractivity contribution in [2.45, 2.75) is 32.2 Å². The summed E-state index contributed by atoms with van der Waals surface area (Å²) in [5.41, 5.74) is 2.50. The predicted octanol–water partition coefficient (Wildman–Crippen LogP) is 4.84. The first-order valence-corrected chi connectivity index (χ1v) is 7.88. The van der Waals surface area contributed by atoms with Gasteiger partial charge in [-0.1, -0.05) is 24.6 Å². The average Bonchev–Trinajstić information content (AvgIpc) is 2.44. The number of hydrogen-bond acceptors (Lipinski definition) is 2. The Morgan fingerprint density at radius 3 is 2.95 bits per heavy atom. The van der Waals surface area contributed by atoms with Crippen LogP contribution in [-0.2, 0) is 4.74 Å². The molecule has 0 fully saturated rings. The maximum atomic E-state index is 6.21. The molecule has 0 amide bonds. The maximum absolute atomic E-state index is 6.21. The Kier molecular flexibility index (Phi) is 5.74. The summed E-state index contributed by atoms with van der Waals surface area (Å²) in [7, 11) is 0. The molecule has 104 valence electrons. The third kappa shape index (κ3) is 3.98. The molecule has 1 N–H and O–H groups in total. The molecule has 0 aromatic heterocycles. The van der Waals surface area contributed by atoms with Gasteiger partial charge in [-0.2, -0.15) is 0 Å². The third-order valence-electron chi connectivity index (χ3n) is 3.21. The van der Waals surface area contributed by atoms with Crippen LogP contribution >= 0.6 is 27.5 Å². The summed E-state index contributed by atoms with van der Waals surface area (Å²) in [4.78, 5) is 0. The molecule has 0 saturated carbocycles. The largest absolute Gasteiger partial charge is 0.501 e. The van der Waals surface area contributed by atoms with E-state index in [0.717, 1.165) is 41.9 Å². The van der Waals surface area contributed by atoms with Crippen LogP contribution in [0.3, 0.4) is 0 Å². The first-order chi connectivity index (χ1) is 9.22. The first kappa shape index (κ1) is 14.9. The predicted molar refractivity (Wildman–Crippen MR) is 83.5 cm³/mol. The number of halogens is 2. The van der Waals surface area contributed by atoms with Gasteiger partial charge in [-0.15, -0.1) is 0 Å². The molecule has 1 aromatic carbocycles. The first-order valence-electron chi connectivity index (χ1n) is 6.71. The molecule has 1 aliphatic rings. The van der Waals surface area contributed by atoms with Crippen LogP contribution in [0, 0.1) is 0 Å². The van der Waals surface area contributed by atoms with E-state index in [1.807, 2.05) is 18.4 Å². The monoisotopic (exact) mass is 343 g/mol. The van der Waals surface area contributed by atoms with Gasteiger partial charge in [0.1, 0.15) is 0 Å². The van der Waals surface area contributed by atoms with Gasteiger partial charge in [0.2, 0.25) is 0 Å². The van der Waals surface area contributed by atoms with Crippen LogP contribution in [0.4, 0.5) is 0 Å². The quantitative estimate of drug-likeness (QED) is 0.825. The van der Waals surface area contributed by atoms with Crippen LogP contribution in [0.2, 0.25) is 5.02 Å². The Labute approximate surface area is 128 Å². The summed E-state index contributed by atoms with van der Waals surface area (Å²) >= 11 is 9.64. The molecule has 1 unspecified atom stereocenters. The lowest BCUT2D eigenvalue weighted by Gasteiger charge is -2.25. The molecule has 0 radical (unpaired) electrons. The van der Waals surface area contributed by atoms with Gasteiger partial charge < -0.3 is 10.1 Å². The SMILES string of the molecule is CCCNC(C1=COCCC1)c1ccc(Br)c(Cl)c1. The summed E-state index contributed by atoms with van der Waals surface area (Å²) < 4.78 is 6.41. The van der Waals surface area contributed by atoms with E-state index in [9.17, 15) is 0 Å². The van der Waals surface area contributed by atoms with Crippen LogP contribution < -0.4 is 5.32 Å². The second-order valence-corrected chi connectivity index (χ2v) is 5.99. The second-order valence-electron chi connectivity index (χ2n) is 4.73. The van der Waals surface area contributed by atoms with Crippen LogP contribution in [0.1, 0.15) is 37.8 Å². The lowest BCUT2D eigenvalue weighted by molar-refractivity contribution is 0.219. The minimum Gasteiger partial charge on any atom is -0.501 e. The van der Waals surface area contributed by atoms with E-state index in [1.165, 1.54) is 11.1 Å². The fourth-order valence-electron chi connectivity index (χ4n) is 2.24. The third-order valence-corrected chi connectivity index (χ3v) is 4.44. The number of benzene rings is 1. The maximum Gasteiger partial charge on any atom is 0.0876 e. The number of hydrogen-bond donors (Lipinski definition) is 1. The summed E-state index contributed by atoms with van der Waals surface area (Å²) in [5.74, 6) is 0. The van der Waals surface area contributed by atoms with E-state index in [2.05, 4.69) is 34.2 Å². The topological polar surface area (TPSA) is 21.3 Å². The molecule has 0 saturated heterocycles. The number of nitrogens with one attached hydrogen (secondary N) is 1. The van der Waals surface area contributed by atoms with Gasteiger partial charge in [0, 0.05) is 4.47 Å². The Morgan fingerprint density at radius 2 is 2.32 bits per heavy atom. The summed E-state index contributed by atoms with van der Waals surface area (Å²) in [6.07, 6.45) is 5.18. The van der Waals surface area contributed by atoms with E-state index < -0.39 is 0 Å². The molecule has 4 heteroatoms. The van der Waals surface area contributed by atoms with Gasteiger partial charge >= 0.3 is 0 Å². The summed E-state index contributed by atoms with van der Waals surface area (Å²) in [6, 6.07) is 6.33. The molecular weight excluding hydrogens is 326 g/mol. The van der Waals surface area contributed by atoms with Gasteiger partial charge in [0.05, 0.1) is 23.9 Å². The van der Waals surface area contributed by atoms with Gasteiger partial charge in [0.15, 0.2) is 0 Å². The minimum atomic E-state index is 0.200. The van der Waals surface area contributed by atoms with Crippen molar-refractivity contribution in [1.29, 1.82) is 0 Å². The van der Waals surface area contributed by atoms with E-state index >= 15 is 0 Å². The highest BCUT2D eigenvalue weighted by Crippen LogP contribution is 2.31. The van der Waals surface area contributed by atoms with Crippen LogP contribution in [0.15, 0.2) is 34.5 Å². The van der Waals surface area contributed by atoms with Crippen LogP contribution in [0.25, 0.3) is 0 Å². The second kappa shape index (κ2) is 7.32. The Bertz CT molecular complexity index is 461. The van der Waals surface area contributed by atoms with E-state index in [4.69, 9.17) is 16.3 Å². The van der Waals surface area contributed by atoms with Crippen molar-refractivity contribution >= 4 is 27.5 Å². The molecule has 2 nitrogen and oxygen atoms in total. The molecule has 0 bridgehead atoms. The Hall–Kier alpha value is -0.510. The lowest BCUT2D eigenvalue weighted by Crippen LogP contribution is -2.25. The highest BCUT2D eigenvalue weighted by Gasteiger charge is 2.19. The van der Waals surface area contributed by atoms with E-state index in [1.54, 1.807) is 0 Å². The van der Waals surface area contributed by atoms with Crippen molar-refractivity contribution in [1.82, 2.24) is 5.32 Å². The van der Waals surface area contributed by atoms with Crippen molar-refractivity contribution in [3.63, 3.8) is 0 Å². The molecule has 0 aliphatic carbocycles. The number of ether oxygens (including phenoxy) is 1. The number of rotatable bonds is 5. The summed E-state index contributed by atoms with van der Waals surface area (Å²) in [5, 5.41) is 4.33. The fourth-order valence-corrected chi connectivity index (χ4v) is 2.68. The zero-order valence-corrected chi connectivity index (χ0v) is 13.4. The molecule has 0 spiro atoms. The lowest BCUT2D eigenvalue weighted by atomic mass is 9.95. The Morgan fingerprint density at radius 1 is 1.47 bits per heavy atom. The molecule has 1 aromatic rings. The van der Waals surface area contributed by atoms with Gasteiger partial charge in [-0.05, 0) is 65.0 Å². The minimum absolute atomic E-state index is 0.200.